The molecule has 0 fully saturated rings. The monoisotopic (exact) mass is 330 g/mol. The van der Waals surface area contributed by atoms with Crippen molar-refractivity contribution < 1.29 is 9.59 Å². The Labute approximate surface area is 142 Å². The lowest BCUT2D eigenvalue weighted by atomic mass is 10.2. The first kappa shape index (κ1) is 18.0. The minimum atomic E-state index is -0.247. The number of amides is 2. The molecule has 2 heterocycles. The van der Waals surface area contributed by atoms with Gasteiger partial charge in [0.2, 0.25) is 5.82 Å². The number of fused-ring (bicyclic) bond motifs is 1. The molecule has 2 rings (SSSR count). The lowest BCUT2D eigenvalue weighted by Crippen LogP contribution is -2.32. The van der Waals surface area contributed by atoms with Crippen molar-refractivity contribution in [1.29, 1.82) is 0 Å². The second kappa shape index (κ2) is 7.95. The predicted molar refractivity (Wildman–Crippen MR) is 94.3 cm³/mol. The number of carbonyl (C=O) groups excluding carboxylic acids is 2. The average molecular weight is 330 g/mol. The van der Waals surface area contributed by atoms with E-state index in [2.05, 4.69) is 17.2 Å². The summed E-state index contributed by atoms with van der Waals surface area (Å²) in [6, 6.07) is 5.53. The zero-order chi connectivity index (χ0) is 17.7. The number of unbranched alkanes of at least 4 members (excludes halogenated alkanes) is 1. The molecule has 1 atom stereocenters. The van der Waals surface area contributed by atoms with E-state index in [4.69, 9.17) is 0 Å². The van der Waals surface area contributed by atoms with Gasteiger partial charge in [0.15, 0.2) is 5.69 Å². The van der Waals surface area contributed by atoms with Crippen LogP contribution in [0.3, 0.4) is 0 Å². The minimum absolute atomic E-state index is 0.0596. The van der Waals surface area contributed by atoms with Crippen molar-refractivity contribution in [2.45, 2.75) is 46.1 Å². The molecule has 0 saturated heterocycles. The van der Waals surface area contributed by atoms with E-state index in [-0.39, 0.29) is 23.7 Å². The summed E-state index contributed by atoms with van der Waals surface area (Å²) >= 11 is 0. The summed E-state index contributed by atoms with van der Waals surface area (Å²) in [5.41, 5.74) is 0.939. The summed E-state index contributed by atoms with van der Waals surface area (Å²) in [5.74, 6) is -0.144. The first-order chi connectivity index (χ1) is 11.5. The highest BCUT2D eigenvalue weighted by Gasteiger charge is 2.23. The van der Waals surface area contributed by atoms with Gasteiger partial charge < -0.3 is 10.2 Å². The normalized spacial score (nSPS) is 12.2. The highest BCUT2D eigenvalue weighted by molar-refractivity contribution is 6.02. The molecule has 2 aromatic rings. The molecular weight excluding hydrogens is 304 g/mol. The molecule has 0 saturated carbocycles. The molecule has 0 aromatic carbocycles. The van der Waals surface area contributed by atoms with Crippen molar-refractivity contribution >= 4 is 17.3 Å². The first-order valence-corrected chi connectivity index (χ1v) is 8.53. The molecule has 0 bridgehead atoms. The SMILES string of the molecule is CCCCN(C)C(=O)c1nc(C(=O)NC(C)CC)c2ccccn12. The Morgan fingerprint density at radius 2 is 2.08 bits per heavy atom. The standard InChI is InChI=1S/C18H26N4O2/c1-5-7-11-21(4)18(24)16-20-15(17(23)19-13(3)6-2)14-10-8-9-12-22(14)16/h8-10,12-13H,5-7,11H2,1-4H3,(H,19,23). The van der Waals surface area contributed by atoms with Gasteiger partial charge >= 0.3 is 0 Å². The second-order valence-corrected chi connectivity index (χ2v) is 6.10. The Kier molecular flexibility index (Phi) is 5.95. The van der Waals surface area contributed by atoms with Gasteiger partial charge in [-0.3, -0.25) is 14.0 Å². The quantitative estimate of drug-likeness (QED) is 0.849. The number of hydrogen-bond acceptors (Lipinski definition) is 3. The van der Waals surface area contributed by atoms with E-state index in [9.17, 15) is 9.59 Å². The summed E-state index contributed by atoms with van der Waals surface area (Å²) < 4.78 is 1.69. The maximum absolute atomic E-state index is 12.7. The van der Waals surface area contributed by atoms with Crippen LogP contribution in [0.4, 0.5) is 0 Å². The van der Waals surface area contributed by atoms with Crippen LogP contribution >= 0.6 is 0 Å². The van der Waals surface area contributed by atoms with Gasteiger partial charge in [0.1, 0.15) is 0 Å². The molecule has 0 spiro atoms. The number of nitrogens with zero attached hydrogens (tertiary/aromatic N) is 3. The molecule has 0 aliphatic heterocycles. The first-order valence-electron chi connectivity index (χ1n) is 8.53. The number of carbonyl (C=O) groups is 2. The van der Waals surface area contributed by atoms with E-state index in [0.29, 0.717) is 17.8 Å². The van der Waals surface area contributed by atoms with Gasteiger partial charge in [0.25, 0.3) is 11.8 Å². The van der Waals surface area contributed by atoms with Crippen molar-refractivity contribution in [2.24, 2.45) is 0 Å². The molecule has 1 N–H and O–H groups in total. The highest BCUT2D eigenvalue weighted by atomic mass is 16.2. The van der Waals surface area contributed by atoms with Crippen molar-refractivity contribution in [2.75, 3.05) is 13.6 Å². The minimum Gasteiger partial charge on any atom is -0.348 e. The number of pyridine rings is 1. The summed E-state index contributed by atoms with van der Waals surface area (Å²) in [7, 11) is 1.76. The zero-order valence-corrected chi connectivity index (χ0v) is 14.9. The number of aromatic nitrogens is 2. The zero-order valence-electron chi connectivity index (χ0n) is 14.9. The summed E-state index contributed by atoms with van der Waals surface area (Å²) in [4.78, 5) is 31.2. The fourth-order valence-corrected chi connectivity index (χ4v) is 2.42. The number of hydrogen-bond donors (Lipinski definition) is 1. The van der Waals surface area contributed by atoms with Gasteiger partial charge in [0, 0.05) is 25.8 Å². The summed E-state index contributed by atoms with van der Waals surface area (Å²) in [5, 5.41) is 2.91. The van der Waals surface area contributed by atoms with Gasteiger partial charge in [-0.25, -0.2) is 4.98 Å². The van der Waals surface area contributed by atoms with Crippen LogP contribution in [-0.4, -0.2) is 45.7 Å². The largest absolute Gasteiger partial charge is 0.348 e. The molecule has 0 aliphatic carbocycles. The Balaban J connectivity index is 2.38. The third-order valence-corrected chi connectivity index (χ3v) is 4.14. The Morgan fingerprint density at radius 1 is 1.33 bits per heavy atom. The molecule has 0 radical (unpaired) electrons. The van der Waals surface area contributed by atoms with Crippen molar-refractivity contribution in [1.82, 2.24) is 19.6 Å². The topological polar surface area (TPSA) is 66.7 Å². The van der Waals surface area contributed by atoms with E-state index >= 15 is 0 Å². The van der Waals surface area contributed by atoms with Crippen LogP contribution in [0.15, 0.2) is 24.4 Å². The van der Waals surface area contributed by atoms with Crippen LogP contribution in [0.25, 0.3) is 5.52 Å². The highest BCUT2D eigenvalue weighted by Crippen LogP contribution is 2.15. The summed E-state index contributed by atoms with van der Waals surface area (Å²) in [6.45, 7) is 6.71. The predicted octanol–water partition coefficient (Wildman–Crippen LogP) is 2.73. The van der Waals surface area contributed by atoms with Crippen molar-refractivity contribution in [3.8, 4) is 0 Å². The molecule has 1 unspecified atom stereocenters. The number of imidazole rings is 1. The molecule has 2 amide bonds. The van der Waals surface area contributed by atoms with Crippen molar-refractivity contribution in [3.63, 3.8) is 0 Å². The molecule has 2 aromatic heterocycles. The maximum atomic E-state index is 12.7. The smallest absolute Gasteiger partial charge is 0.289 e. The summed E-state index contributed by atoms with van der Waals surface area (Å²) in [6.07, 6.45) is 4.56. The van der Waals surface area contributed by atoms with Crippen LogP contribution < -0.4 is 5.32 Å². The van der Waals surface area contributed by atoms with Crippen LogP contribution in [0.1, 0.15) is 61.1 Å². The Morgan fingerprint density at radius 3 is 2.75 bits per heavy atom. The van der Waals surface area contributed by atoms with Gasteiger partial charge in [0.05, 0.1) is 5.52 Å². The molecule has 24 heavy (non-hydrogen) atoms. The van der Waals surface area contributed by atoms with Gasteiger partial charge in [-0.2, -0.15) is 0 Å². The van der Waals surface area contributed by atoms with Crippen molar-refractivity contribution in [3.05, 3.63) is 35.9 Å². The Hall–Kier alpha value is -2.37. The van der Waals surface area contributed by atoms with E-state index in [1.165, 1.54) is 0 Å². The molecule has 6 nitrogen and oxygen atoms in total. The van der Waals surface area contributed by atoms with Gasteiger partial charge in [-0.15, -0.1) is 0 Å². The molecule has 0 aliphatic rings. The van der Waals surface area contributed by atoms with E-state index < -0.39 is 0 Å². The Bertz CT molecular complexity index is 723. The van der Waals surface area contributed by atoms with Crippen LogP contribution in [0.2, 0.25) is 0 Å². The van der Waals surface area contributed by atoms with E-state index in [1.807, 2.05) is 26.0 Å². The van der Waals surface area contributed by atoms with Gasteiger partial charge in [-0.05, 0) is 31.9 Å². The fraction of sp³-hybridized carbons (Fsp3) is 0.500. The molecular formula is C18H26N4O2. The molecule has 130 valence electrons. The maximum Gasteiger partial charge on any atom is 0.289 e. The van der Waals surface area contributed by atoms with Gasteiger partial charge in [-0.1, -0.05) is 26.3 Å². The average Bonchev–Trinajstić information content (AvgIpc) is 2.98. The van der Waals surface area contributed by atoms with E-state index in [0.717, 1.165) is 19.3 Å². The lowest BCUT2D eigenvalue weighted by Gasteiger charge is -2.15. The third kappa shape index (κ3) is 3.75. The lowest BCUT2D eigenvalue weighted by molar-refractivity contribution is 0.0780. The second-order valence-electron chi connectivity index (χ2n) is 6.10. The van der Waals surface area contributed by atoms with Crippen LogP contribution in [0.5, 0.6) is 0 Å². The third-order valence-electron chi connectivity index (χ3n) is 4.14. The van der Waals surface area contributed by atoms with Crippen LogP contribution in [-0.2, 0) is 0 Å². The fourth-order valence-electron chi connectivity index (χ4n) is 2.42. The molecule has 6 heteroatoms. The van der Waals surface area contributed by atoms with E-state index in [1.54, 1.807) is 28.6 Å². The number of rotatable bonds is 7. The van der Waals surface area contributed by atoms with Crippen LogP contribution in [0, 0.1) is 0 Å². The number of nitrogens with one attached hydrogen (secondary N) is 1.